The van der Waals surface area contributed by atoms with Crippen molar-refractivity contribution in [1.29, 1.82) is 0 Å². The van der Waals surface area contributed by atoms with Crippen LogP contribution in [0, 0.1) is 13.8 Å². The maximum Gasteiger partial charge on any atom is 0.244 e. The summed E-state index contributed by atoms with van der Waals surface area (Å²) < 4.78 is 0. The lowest BCUT2D eigenvalue weighted by molar-refractivity contribution is -0.120. The number of hydrogen-bond acceptors (Lipinski definition) is 2. The number of amides is 1. The molecule has 0 fully saturated rings. The van der Waals surface area contributed by atoms with Gasteiger partial charge in [-0.3, -0.25) is 4.79 Å². The van der Waals surface area contributed by atoms with E-state index in [0.29, 0.717) is 6.42 Å². The van der Waals surface area contributed by atoms with Crippen molar-refractivity contribution in [3.05, 3.63) is 29.3 Å². The zero-order valence-electron chi connectivity index (χ0n) is 10.4. The van der Waals surface area contributed by atoms with Crippen LogP contribution >= 0.6 is 0 Å². The van der Waals surface area contributed by atoms with E-state index in [4.69, 9.17) is 5.73 Å². The van der Waals surface area contributed by atoms with Crippen molar-refractivity contribution in [2.45, 2.75) is 39.7 Å². The van der Waals surface area contributed by atoms with Gasteiger partial charge in [-0.25, -0.2) is 0 Å². The van der Waals surface area contributed by atoms with Gasteiger partial charge in [-0.1, -0.05) is 13.0 Å². The van der Waals surface area contributed by atoms with Gasteiger partial charge in [0.25, 0.3) is 0 Å². The SMILES string of the molecule is CCC(C)(N)C(=O)Nc1ccc(C)c(C)c1. The predicted octanol–water partition coefficient (Wildman–Crippen LogP) is 2.37. The highest BCUT2D eigenvalue weighted by Crippen LogP contribution is 2.16. The summed E-state index contributed by atoms with van der Waals surface area (Å²) in [6, 6.07) is 5.84. The summed E-state index contributed by atoms with van der Waals surface area (Å²) in [5.41, 5.74) is 8.23. The van der Waals surface area contributed by atoms with Gasteiger partial charge in [0, 0.05) is 5.69 Å². The summed E-state index contributed by atoms with van der Waals surface area (Å²) in [6.45, 7) is 7.70. The van der Waals surface area contributed by atoms with Crippen LogP contribution in [0.3, 0.4) is 0 Å². The number of aryl methyl sites for hydroxylation is 2. The molecule has 3 heteroatoms. The van der Waals surface area contributed by atoms with Gasteiger partial charge in [-0.05, 0) is 50.5 Å². The molecule has 0 saturated heterocycles. The topological polar surface area (TPSA) is 55.1 Å². The fourth-order valence-corrected chi connectivity index (χ4v) is 1.25. The Balaban J connectivity index is 2.82. The van der Waals surface area contributed by atoms with E-state index in [9.17, 15) is 4.79 Å². The van der Waals surface area contributed by atoms with Crippen LogP contribution in [0.2, 0.25) is 0 Å². The van der Waals surface area contributed by atoms with E-state index in [-0.39, 0.29) is 5.91 Å². The second-order valence-electron chi connectivity index (χ2n) is 4.52. The van der Waals surface area contributed by atoms with Crippen molar-refractivity contribution >= 4 is 11.6 Å². The fraction of sp³-hybridized carbons (Fsp3) is 0.462. The number of rotatable bonds is 3. The summed E-state index contributed by atoms with van der Waals surface area (Å²) in [4.78, 5) is 11.8. The van der Waals surface area contributed by atoms with E-state index in [1.54, 1.807) is 6.92 Å². The number of nitrogens with two attached hydrogens (primary N) is 1. The third-order valence-electron chi connectivity index (χ3n) is 3.02. The molecule has 1 rings (SSSR count). The number of carbonyl (C=O) groups excluding carboxylic acids is 1. The molecule has 0 aliphatic carbocycles. The minimum absolute atomic E-state index is 0.141. The van der Waals surface area contributed by atoms with E-state index in [0.717, 1.165) is 11.3 Å². The first-order valence-corrected chi connectivity index (χ1v) is 5.54. The molecule has 0 bridgehead atoms. The smallest absolute Gasteiger partial charge is 0.244 e. The van der Waals surface area contributed by atoms with E-state index < -0.39 is 5.54 Å². The van der Waals surface area contributed by atoms with Crippen LogP contribution in [0.15, 0.2) is 18.2 Å². The molecule has 1 aromatic carbocycles. The Morgan fingerprint density at radius 1 is 1.38 bits per heavy atom. The third kappa shape index (κ3) is 2.83. The quantitative estimate of drug-likeness (QED) is 0.821. The number of nitrogens with one attached hydrogen (secondary N) is 1. The minimum Gasteiger partial charge on any atom is -0.324 e. The third-order valence-corrected chi connectivity index (χ3v) is 3.02. The highest BCUT2D eigenvalue weighted by atomic mass is 16.2. The number of hydrogen-bond donors (Lipinski definition) is 2. The molecule has 1 unspecified atom stereocenters. The minimum atomic E-state index is -0.807. The van der Waals surface area contributed by atoms with Crippen molar-refractivity contribution < 1.29 is 4.79 Å². The Bertz CT molecular complexity index is 397. The lowest BCUT2D eigenvalue weighted by atomic mass is 9.99. The largest absolute Gasteiger partial charge is 0.324 e. The van der Waals surface area contributed by atoms with Crippen molar-refractivity contribution in [3.63, 3.8) is 0 Å². The van der Waals surface area contributed by atoms with Gasteiger partial charge in [0.1, 0.15) is 0 Å². The second-order valence-corrected chi connectivity index (χ2v) is 4.52. The molecule has 0 aliphatic rings. The van der Waals surface area contributed by atoms with Crippen molar-refractivity contribution in [1.82, 2.24) is 0 Å². The normalized spacial score (nSPS) is 14.3. The summed E-state index contributed by atoms with van der Waals surface area (Å²) in [5, 5.41) is 2.84. The Morgan fingerprint density at radius 2 is 2.00 bits per heavy atom. The van der Waals surface area contributed by atoms with Crippen molar-refractivity contribution in [3.8, 4) is 0 Å². The zero-order valence-corrected chi connectivity index (χ0v) is 10.4. The van der Waals surface area contributed by atoms with E-state index in [1.165, 1.54) is 5.56 Å². The Labute approximate surface area is 97.0 Å². The maximum atomic E-state index is 11.8. The van der Waals surface area contributed by atoms with Gasteiger partial charge in [0.05, 0.1) is 5.54 Å². The van der Waals surface area contributed by atoms with Gasteiger partial charge in [-0.2, -0.15) is 0 Å². The van der Waals surface area contributed by atoms with Crippen LogP contribution in [-0.4, -0.2) is 11.4 Å². The molecule has 3 N–H and O–H groups in total. The van der Waals surface area contributed by atoms with Gasteiger partial charge in [0.15, 0.2) is 0 Å². The second kappa shape index (κ2) is 4.66. The first-order chi connectivity index (χ1) is 7.36. The first kappa shape index (κ1) is 12.7. The van der Waals surface area contributed by atoms with E-state index >= 15 is 0 Å². The van der Waals surface area contributed by atoms with Gasteiger partial charge < -0.3 is 11.1 Å². The molecule has 88 valence electrons. The van der Waals surface area contributed by atoms with E-state index in [2.05, 4.69) is 5.32 Å². The molecule has 1 atom stereocenters. The van der Waals surface area contributed by atoms with Crippen LogP contribution in [0.4, 0.5) is 5.69 Å². The highest BCUT2D eigenvalue weighted by molar-refractivity contribution is 5.97. The summed E-state index contributed by atoms with van der Waals surface area (Å²) in [7, 11) is 0. The monoisotopic (exact) mass is 220 g/mol. The molecule has 0 heterocycles. The molecule has 3 nitrogen and oxygen atoms in total. The Kier molecular flexibility index (Phi) is 3.70. The molecule has 16 heavy (non-hydrogen) atoms. The summed E-state index contributed by atoms with van der Waals surface area (Å²) in [6.07, 6.45) is 0.615. The lowest BCUT2D eigenvalue weighted by Gasteiger charge is -2.21. The van der Waals surface area contributed by atoms with E-state index in [1.807, 2.05) is 39.0 Å². The molecular weight excluding hydrogens is 200 g/mol. The molecule has 0 saturated carbocycles. The maximum absolute atomic E-state index is 11.8. The molecule has 0 aliphatic heterocycles. The van der Waals surface area contributed by atoms with Gasteiger partial charge >= 0.3 is 0 Å². The molecule has 1 aromatic rings. The van der Waals surface area contributed by atoms with Crippen molar-refractivity contribution in [2.75, 3.05) is 5.32 Å². The van der Waals surface area contributed by atoms with Crippen LogP contribution in [0.1, 0.15) is 31.4 Å². The van der Waals surface area contributed by atoms with Crippen LogP contribution in [0.5, 0.6) is 0 Å². The molecule has 0 aromatic heterocycles. The zero-order chi connectivity index (χ0) is 12.3. The molecule has 0 radical (unpaired) electrons. The Morgan fingerprint density at radius 3 is 2.50 bits per heavy atom. The fourth-order valence-electron chi connectivity index (χ4n) is 1.25. The van der Waals surface area contributed by atoms with Gasteiger partial charge in [0.2, 0.25) is 5.91 Å². The van der Waals surface area contributed by atoms with Gasteiger partial charge in [-0.15, -0.1) is 0 Å². The van der Waals surface area contributed by atoms with Crippen LogP contribution in [-0.2, 0) is 4.79 Å². The predicted molar refractivity (Wildman–Crippen MR) is 67.4 cm³/mol. The molecule has 0 spiro atoms. The first-order valence-electron chi connectivity index (χ1n) is 5.54. The standard InChI is InChI=1S/C13H20N2O/c1-5-13(4,14)12(16)15-11-7-6-9(2)10(3)8-11/h6-8H,5,14H2,1-4H3,(H,15,16). The Hall–Kier alpha value is -1.35. The highest BCUT2D eigenvalue weighted by Gasteiger charge is 2.25. The summed E-state index contributed by atoms with van der Waals surface area (Å²) >= 11 is 0. The van der Waals surface area contributed by atoms with Crippen LogP contribution < -0.4 is 11.1 Å². The molecular formula is C13H20N2O. The number of carbonyl (C=O) groups is 1. The average Bonchev–Trinajstić information content (AvgIpc) is 2.23. The number of benzene rings is 1. The summed E-state index contributed by atoms with van der Waals surface area (Å²) in [5.74, 6) is -0.141. The lowest BCUT2D eigenvalue weighted by Crippen LogP contribution is -2.47. The molecule has 1 amide bonds. The van der Waals surface area contributed by atoms with Crippen LogP contribution in [0.25, 0.3) is 0 Å². The average molecular weight is 220 g/mol. The number of anilines is 1. The van der Waals surface area contributed by atoms with Crippen molar-refractivity contribution in [2.24, 2.45) is 5.73 Å².